The second-order valence-electron chi connectivity index (χ2n) is 3.55. The van der Waals surface area contributed by atoms with E-state index in [1.165, 1.54) is 0 Å². The minimum Gasteiger partial charge on any atom is -0.465 e. The number of likely N-dealkylation sites (tertiary alicyclic amines) is 1. The van der Waals surface area contributed by atoms with Gasteiger partial charge in [-0.1, -0.05) is 0 Å². The average Bonchev–Trinajstić information content (AvgIpc) is 2.64. The lowest BCUT2D eigenvalue weighted by atomic mass is 10.0. The first-order chi connectivity index (χ1) is 7.58. The Morgan fingerprint density at radius 2 is 2.25 bits per heavy atom. The number of carbonyl (C=O) groups excluding carboxylic acids is 2. The normalized spacial score (nSPS) is 24.4. The van der Waals surface area contributed by atoms with E-state index >= 15 is 0 Å². The summed E-state index contributed by atoms with van der Waals surface area (Å²) in [4.78, 5) is 34.2. The van der Waals surface area contributed by atoms with Gasteiger partial charge in [-0.2, -0.15) is 0 Å². The number of carboxylic acid groups (broad SMARTS) is 1. The second kappa shape index (κ2) is 5.07. The third-order valence-electron chi connectivity index (χ3n) is 2.65. The standard InChI is InChI=1S/C10H15NO5/c1-2-16-10(8(13)4-7-12)5-3-6-11(10)9(14)15/h7H,2-6H2,1H3,(H,14,15). The van der Waals surface area contributed by atoms with E-state index in [9.17, 15) is 14.4 Å². The van der Waals surface area contributed by atoms with Crippen LogP contribution in [0.15, 0.2) is 0 Å². The molecule has 1 aliphatic heterocycles. The molecule has 90 valence electrons. The summed E-state index contributed by atoms with van der Waals surface area (Å²) < 4.78 is 5.32. The number of nitrogens with zero attached hydrogens (tertiary/aromatic N) is 1. The summed E-state index contributed by atoms with van der Waals surface area (Å²) in [6, 6.07) is 0. The minimum absolute atomic E-state index is 0.231. The molecule has 6 nitrogen and oxygen atoms in total. The van der Waals surface area contributed by atoms with E-state index in [0.717, 1.165) is 4.90 Å². The predicted molar refractivity (Wildman–Crippen MR) is 54.0 cm³/mol. The van der Waals surface area contributed by atoms with Crippen LogP contribution in [0.2, 0.25) is 0 Å². The molecule has 0 spiro atoms. The van der Waals surface area contributed by atoms with Gasteiger partial charge in [0.25, 0.3) is 0 Å². The average molecular weight is 229 g/mol. The van der Waals surface area contributed by atoms with E-state index in [1.54, 1.807) is 6.92 Å². The van der Waals surface area contributed by atoms with Crippen LogP contribution in [0.3, 0.4) is 0 Å². The number of carbonyl (C=O) groups is 3. The first-order valence-corrected chi connectivity index (χ1v) is 5.20. The SMILES string of the molecule is CCOC1(C(=O)CC=O)CCCN1C(=O)O. The van der Waals surface area contributed by atoms with Crippen LogP contribution in [-0.4, -0.2) is 47.0 Å². The van der Waals surface area contributed by atoms with Crippen molar-refractivity contribution in [2.75, 3.05) is 13.2 Å². The molecule has 1 saturated heterocycles. The monoisotopic (exact) mass is 229 g/mol. The number of ketones is 1. The molecular weight excluding hydrogens is 214 g/mol. The van der Waals surface area contributed by atoms with E-state index in [1.807, 2.05) is 0 Å². The molecule has 0 aromatic heterocycles. The summed E-state index contributed by atoms with van der Waals surface area (Å²) in [5.41, 5.74) is -1.44. The summed E-state index contributed by atoms with van der Waals surface area (Å²) in [5.74, 6) is -0.482. The Kier molecular flexibility index (Phi) is 4.00. The first-order valence-electron chi connectivity index (χ1n) is 5.20. The van der Waals surface area contributed by atoms with Crippen molar-refractivity contribution in [2.24, 2.45) is 0 Å². The Bertz CT molecular complexity index is 304. The van der Waals surface area contributed by atoms with Gasteiger partial charge in [0.15, 0.2) is 5.78 Å². The van der Waals surface area contributed by atoms with Gasteiger partial charge < -0.3 is 14.6 Å². The van der Waals surface area contributed by atoms with Gasteiger partial charge in [0.05, 0.1) is 6.42 Å². The second-order valence-corrected chi connectivity index (χ2v) is 3.55. The van der Waals surface area contributed by atoms with Gasteiger partial charge in [-0.15, -0.1) is 0 Å². The van der Waals surface area contributed by atoms with Gasteiger partial charge >= 0.3 is 6.09 Å². The molecule has 6 heteroatoms. The molecule has 16 heavy (non-hydrogen) atoms. The van der Waals surface area contributed by atoms with Crippen molar-refractivity contribution in [3.63, 3.8) is 0 Å². The predicted octanol–water partition coefficient (Wildman–Crippen LogP) is 0.651. The van der Waals surface area contributed by atoms with Crippen LogP contribution in [0, 0.1) is 0 Å². The molecule has 1 aliphatic rings. The van der Waals surface area contributed by atoms with Gasteiger partial charge in [0.1, 0.15) is 6.29 Å². The van der Waals surface area contributed by atoms with Crippen LogP contribution in [0.4, 0.5) is 4.79 Å². The molecular formula is C10H15NO5. The summed E-state index contributed by atoms with van der Waals surface area (Å²) >= 11 is 0. The van der Waals surface area contributed by atoms with E-state index in [-0.39, 0.29) is 19.6 Å². The van der Waals surface area contributed by atoms with Crippen molar-refractivity contribution >= 4 is 18.2 Å². The summed E-state index contributed by atoms with van der Waals surface area (Å²) in [6.07, 6.45) is -0.146. The van der Waals surface area contributed by atoms with Gasteiger partial charge in [-0.3, -0.25) is 9.69 Å². The Morgan fingerprint density at radius 1 is 1.56 bits per heavy atom. The number of hydrogen-bond acceptors (Lipinski definition) is 4. The number of ether oxygens (including phenoxy) is 1. The molecule has 1 amide bonds. The summed E-state index contributed by atoms with van der Waals surface area (Å²) in [6.45, 7) is 2.18. The lowest BCUT2D eigenvalue weighted by Crippen LogP contribution is -2.54. The number of amides is 1. The fraction of sp³-hybridized carbons (Fsp3) is 0.700. The molecule has 0 aromatic carbocycles. The van der Waals surface area contributed by atoms with Crippen molar-refractivity contribution in [3.05, 3.63) is 0 Å². The highest BCUT2D eigenvalue weighted by molar-refractivity contribution is 5.97. The van der Waals surface area contributed by atoms with Crippen molar-refractivity contribution in [2.45, 2.75) is 31.9 Å². The van der Waals surface area contributed by atoms with E-state index in [2.05, 4.69) is 0 Å². The lowest BCUT2D eigenvalue weighted by molar-refractivity contribution is -0.163. The zero-order chi connectivity index (χ0) is 12.2. The van der Waals surface area contributed by atoms with Crippen molar-refractivity contribution in [1.82, 2.24) is 4.90 Å². The fourth-order valence-corrected chi connectivity index (χ4v) is 2.04. The molecule has 1 heterocycles. The maximum atomic E-state index is 11.8. The molecule has 0 bridgehead atoms. The van der Waals surface area contributed by atoms with Gasteiger partial charge in [-0.25, -0.2) is 4.79 Å². The quantitative estimate of drug-likeness (QED) is 0.552. The minimum atomic E-state index is -1.44. The maximum absolute atomic E-state index is 11.8. The van der Waals surface area contributed by atoms with Gasteiger partial charge in [0.2, 0.25) is 5.72 Å². The number of rotatable bonds is 5. The molecule has 1 N–H and O–H groups in total. The number of aldehydes is 1. The molecule has 0 saturated carbocycles. The van der Waals surface area contributed by atoms with Crippen LogP contribution < -0.4 is 0 Å². The van der Waals surface area contributed by atoms with Crippen LogP contribution in [-0.2, 0) is 14.3 Å². The van der Waals surface area contributed by atoms with Crippen LogP contribution >= 0.6 is 0 Å². The molecule has 1 rings (SSSR count). The van der Waals surface area contributed by atoms with Gasteiger partial charge in [-0.05, 0) is 13.3 Å². The first kappa shape index (κ1) is 12.6. The zero-order valence-corrected chi connectivity index (χ0v) is 9.14. The van der Waals surface area contributed by atoms with E-state index in [4.69, 9.17) is 9.84 Å². The fourth-order valence-electron chi connectivity index (χ4n) is 2.04. The Hall–Kier alpha value is -1.43. The van der Waals surface area contributed by atoms with E-state index in [0.29, 0.717) is 19.1 Å². The molecule has 0 radical (unpaired) electrons. The molecule has 0 aliphatic carbocycles. The lowest BCUT2D eigenvalue weighted by Gasteiger charge is -2.34. The Labute approximate surface area is 93.2 Å². The van der Waals surface area contributed by atoms with Crippen molar-refractivity contribution in [1.29, 1.82) is 0 Å². The topological polar surface area (TPSA) is 83.9 Å². The van der Waals surface area contributed by atoms with Gasteiger partial charge in [0, 0.05) is 19.6 Å². The Morgan fingerprint density at radius 3 is 2.75 bits per heavy atom. The largest absolute Gasteiger partial charge is 0.465 e. The highest BCUT2D eigenvalue weighted by atomic mass is 16.5. The molecule has 1 fully saturated rings. The van der Waals surface area contributed by atoms with Crippen molar-refractivity contribution in [3.8, 4) is 0 Å². The molecule has 1 atom stereocenters. The smallest absolute Gasteiger partial charge is 0.409 e. The van der Waals surface area contributed by atoms with Crippen LogP contribution in [0.25, 0.3) is 0 Å². The van der Waals surface area contributed by atoms with E-state index < -0.39 is 17.6 Å². The summed E-state index contributed by atoms with van der Waals surface area (Å²) in [5, 5.41) is 9.00. The van der Waals surface area contributed by atoms with Crippen LogP contribution in [0.5, 0.6) is 0 Å². The van der Waals surface area contributed by atoms with Crippen molar-refractivity contribution < 1.29 is 24.2 Å². The number of Topliss-reactive ketones (excluding diaryl/α,β-unsaturated/α-hetero) is 1. The highest BCUT2D eigenvalue weighted by Gasteiger charge is 2.50. The summed E-state index contributed by atoms with van der Waals surface area (Å²) in [7, 11) is 0. The third kappa shape index (κ3) is 2.06. The third-order valence-corrected chi connectivity index (χ3v) is 2.65. The molecule has 0 aromatic rings. The Balaban J connectivity index is 2.98. The maximum Gasteiger partial charge on any atom is 0.409 e. The molecule has 1 unspecified atom stereocenters. The number of hydrogen-bond donors (Lipinski definition) is 1. The van der Waals surface area contributed by atoms with Crippen LogP contribution in [0.1, 0.15) is 26.2 Å². The zero-order valence-electron chi connectivity index (χ0n) is 9.14. The highest BCUT2D eigenvalue weighted by Crippen LogP contribution is 2.32.